The number of aryl methyl sites for hydroxylation is 1. The Kier molecular flexibility index (Phi) is 4.57. The van der Waals surface area contributed by atoms with Gasteiger partial charge in [-0.25, -0.2) is 4.79 Å². The van der Waals surface area contributed by atoms with Crippen molar-refractivity contribution in [3.63, 3.8) is 0 Å². The summed E-state index contributed by atoms with van der Waals surface area (Å²) in [4.78, 5) is 11.5. The Morgan fingerprint density at radius 1 is 1.47 bits per heavy atom. The first-order valence-corrected chi connectivity index (χ1v) is 5.55. The number of phenols is 1. The summed E-state index contributed by atoms with van der Waals surface area (Å²) in [6.45, 7) is 5.84. The van der Waals surface area contributed by atoms with Crippen molar-refractivity contribution in [3.8, 4) is 5.75 Å². The van der Waals surface area contributed by atoms with E-state index in [0.29, 0.717) is 5.69 Å². The molecular formula is C13H18N2O2. The fourth-order valence-corrected chi connectivity index (χ4v) is 1.20. The van der Waals surface area contributed by atoms with Crippen LogP contribution >= 0.6 is 0 Å². The number of nitrogens with one attached hydrogen (secondary N) is 2. The number of amides is 2. The summed E-state index contributed by atoms with van der Waals surface area (Å²) in [5.74, 6) is 0.0574. The van der Waals surface area contributed by atoms with E-state index in [9.17, 15) is 9.90 Å². The minimum absolute atomic E-state index is 0.0574. The number of carbonyl (C=O) groups is 1. The predicted molar refractivity (Wildman–Crippen MR) is 69.0 cm³/mol. The molecular weight excluding hydrogens is 216 g/mol. The monoisotopic (exact) mass is 234 g/mol. The summed E-state index contributed by atoms with van der Waals surface area (Å²) in [5, 5.41) is 14.7. The molecule has 0 saturated heterocycles. The van der Waals surface area contributed by atoms with Gasteiger partial charge in [0, 0.05) is 6.20 Å². The molecule has 2 amide bonds. The van der Waals surface area contributed by atoms with Gasteiger partial charge in [0.25, 0.3) is 0 Å². The van der Waals surface area contributed by atoms with Crippen molar-refractivity contribution in [3.05, 3.63) is 35.5 Å². The lowest BCUT2D eigenvalue weighted by atomic mass is 10.2. The molecule has 0 fully saturated rings. The smallest absolute Gasteiger partial charge is 0.323 e. The lowest BCUT2D eigenvalue weighted by Gasteiger charge is -2.08. The van der Waals surface area contributed by atoms with Gasteiger partial charge in [0.1, 0.15) is 5.75 Å². The van der Waals surface area contributed by atoms with Crippen molar-refractivity contribution in [2.45, 2.75) is 27.2 Å². The van der Waals surface area contributed by atoms with E-state index < -0.39 is 0 Å². The number of allylic oxidation sites excluding steroid dienone is 1. The minimum Gasteiger partial charge on any atom is -0.506 e. The van der Waals surface area contributed by atoms with Crippen LogP contribution in [-0.2, 0) is 0 Å². The first kappa shape index (κ1) is 13.1. The average molecular weight is 234 g/mol. The molecule has 0 saturated carbocycles. The lowest BCUT2D eigenvalue weighted by molar-refractivity contribution is 0.255. The third kappa shape index (κ3) is 4.18. The van der Waals surface area contributed by atoms with Crippen molar-refractivity contribution in [1.82, 2.24) is 5.32 Å². The van der Waals surface area contributed by atoms with Gasteiger partial charge in [0.15, 0.2) is 0 Å². The first-order chi connectivity index (χ1) is 8.02. The van der Waals surface area contributed by atoms with Crippen LogP contribution in [0.25, 0.3) is 0 Å². The minimum atomic E-state index is -0.362. The molecule has 92 valence electrons. The van der Waals surface area contributed by atoms with Crippen LogP contribution in [-0.4, -0.2) is 11.1 Å². The molecule has 1 rings (SSSR count). The van der Waals surface area contributed by atoms with E-state index in [1.165, 1.54) is 0 Å². The Morgan fingerprint density at radius 3 is 2.82 bits per heavy atom. The van der Waals surface area contributed by atoms with E-state index >= 15 is 0 Å². The second-order valence-corrected chi connectivity index (χ2v) is 3.96. The third-order valence-electron chi connectivity index (χ3n) is 2.41. The van der Waals surface area contributed by atoms with E-state index in [4.69, 9.17) is 0 Å². The van der Waals surface area contributed by atoms with Gasteiger partial charge in [-0.3, -0.25) is 0 Å². The maximum absolute atomic E-state index is 11.5. The van der Waals surface area contributed by atoms with Gasteiger partial charge < -0.3 is 15.7 Å². The highest BCUT2D eigenvalue weighted by atomic mass is 16.3. The largest absolute Gasteiger partial charge is 0.506 e. The Labute approximate surface area is 101 Å². The zero-order valence-corrected chi connectivity index (χ0v) is 10.4. The predicted octanol–water partition coefficient (Wildman–Crippen LogP) is 3.14. The second kappa shape index (κ2) is 5.94. The fraction of sp³-hybridized carbons (Fsp3) is 0.308. The Morgan fingerprint density at radius 2 is 2.18 bits per heavy atom. The third-order valence-corrected chi connectivity index (χ3v) is 2.41. The average Bonchev–Trinajstić information content (AvgIpc) is 2.30. The lowest BCUT2D eigenvalue weighted by Crippen LogP contribution is -2.24. The molecule has 3 N–H and O–H groups in total. The summed E-state index contributed by atoms with van der Waals surface area (Å²) in [6, 6.07) is 4.68. The van der Waals surface area contributed by atoms with Crippen molar-refractivity contribution >= 4 is 11.7 Å². The normalized spacial score (nSPS) is 11.1. The van der Waals surface area contributed by atoms with Gasteiger partial charge in [-0.2, -0.15) is 0 Å². The van der Waals surface area contributed by atoms with Gasteiger partial charge >= 0.3 is 6.03 Å². The molecule has 4 nitrogen and oxygen atoms in total. The van der Waals surface area contributed by atoms with E-state index in [1.54, 1.807) is 24.4 Å². The van der Waals surface area contributed by atoms with Crippen molar-refractivity contribution in [2.75, 3.05) is 5.32 Å². The topological polar surface area (TPSA) is 61.4 Å². The molecule has 1 aromatic carbocycles. The van der Waals surface area contributed by atoms with Crippen LogP contribution in [0.3, 0.4) is 0 Å². The van der Waals surface area contributed by atoms with Crippen LogP contribution < -0.4 is 10.6 Å². The SMILES string of the molecule is CC/C(C)=C/NC(=O)Nc1cc(C)ccc1O. The molecule has 0 aromatic heterocycles. The van der Waals surface area contributed by atoms with Crippen LogP contribution in [0.2, 0.25) is 0 Å². The van der Waals surface area contributed by atoms with Crippen LogP contribution in [0.15, 0.2) is 30.0 Å². The van der Waals surface area contributed by atoms with Gasteiger partial charge in [-0.15, -0.1) is 0 Å². The number of hydrogen-bond acceptors (Lipinski definition) is 2. The Hall–Kier alpha value is -1.97. The van der Waals surface area contributed by atoms with E-state index in [1.807, 2.05) is 20.8 Å². The molecule has 17 heavy (non-hydrogen) atoms. The summed E-state index contributed by atoms with van der Waals surface area (Å²) in [7, 11) is 0. The summed E-state index contributed by atoms with van der Waals surface area (Å²) in [6.07, 6.45) is 2.54. The summed E-state index contributed by atoms with van der Waals surface area (Å²) in [5.41, 5.74) is 2.46. The van der Waals surface area contributed by atoms with Crippen LogP contribution in [0.4, 0.5) is 10.5 Å². The van der Waals surface area contributed by atoms with E-state index in [2.05, 4.69) is 10.6 Å². The molecule has 0 unspecified atom stereocenters. The van der Waals surface area contributed by atoms with Crippen molar-refractivity contribution in [2.24, 2.45) is 0 Å². The second-order valence-electron chi connectivity index (χ2n) is 3.96. The molecule has 0 aliphatic rings. The zero-order chi connectivity index (χ0) is 12.8. The highest BCUT2D eigenvalue weighted by molar-refractivity contribution is 5.91. The molecule has 0 aliphatic carbocycles. The molecule has 0 spiro atoms. The van der Waals surface area contributed by atoms with E-state index in [0.717, 1.165) is 17.6 Å². The Balaban J connectivity index is 2.65. The molecule has 0 aliphatic heterocycles. The van der Waals surface area contributed by atoms with Crippen LogP contribution in [0, 0.1) is 6.92 Å². The molecule has 0 atom stereocenters. The maximum atomic E-state index is 11.5. The molecule has 1 aromatic rings. The summed E-state index contributed by atoms with van der Waals surface area (Å²) >= 11 is 0. The number of rotatable bonds is 3. The quantitative estimate of drug-likeness (QED) is 0.703. The van der Waals surface area contributed by atoms with Crippen molar-refractivity contribution in [1.29, 1.82) is 0 Å². The highest BCUT2D eigenvalue weighted by Gasteiger charge is 2.04. The first-order valence-electron chi connectivity index (χ1n) is 5.55. The standard InChI is InChI=1S/C13H18N2O2/c1-4-9(2)8-14-13(17)15-11-7-10(3)5-6-12(11)16/h5-8,16H,4H2,1-3H3,(H2,14,15,17)/b9-8+. The van der Waals surface area contributed by atoms with Gasteiger partial charge in [-0.1, -0.05) is 18.6 Å². The van der Waals surface area contributed by atoms with Gasteiger partial charge in [-0.05, 0) is 38.0 Å². The fourth-order valence-electron chi connectivity index (χ4n) is 1.20. The maximum Gasteiger partial charge on any atom is 0.323 e. The van der Waals surface area contributed by atoms with E-state index in [-0.39, 0.29) is 11.8 Å². The Bertz CT molecular complexity index is 439. The zero-order valence-electron chi connectivity index (χ0n) is 10.4. The number of hydrogen-bond donors (Lipinski definition) is 3. The van der Waals surface area contributed by atoms with Crippen molar-refractivity contribution < 1.29 is 9.90 Å². The van der Waals surface area contributed by atoms with Gasteiger partial charge in [0.05, 0.1) is 5.69 Å². The number of anilines is 1. The number of aromatic hydroxyl groups is 1. The molecule has 0 bridgehead atoms. The summed E-state index contributed by atoms with van der Waals surface area (Å²) < 4.78 is 0. The number of carbonyl (C=O) groups excluding carboxylic acids is 1. The molecule has 4 heteroatoms. The molecule has 0 radical (unpaired) electrons. The van der Waals surface area contributed by atoms with Crippen LogP contribution in [0.1, 0.15) is 25.8 Å². The highest BCUT2D eigenvalue weighted by Crippen LogP contribution is 2.23. The number of benzene rings is 1. The number of urea groups is 1. The number of phenolic OH excluding ortho intramolecular Hbond substituents is 1. The molecule has 0 heterocycles. The van der Waals surface area contributed by atoms with Gasteiger partial charge in [0.2, 0.25) is 0 Å². The van der Waals surface area contributed by atoms with Crippen LogP contribution in [0.5, 0.6) is 5.75 Å².